The van der Waals surface area contributed by atoms with Crippen molar-refractivity contribution in [1.29, 1.82) is 0 Å². The highest BCUT2D eigenvalue weighted by Gasteiger charge is 2.31. The van der Waals surface area contributed by atoms with Gasteiger partial charge in [-0.05, 0) is 18.2 Å². The average molecular weight is 347 g/mol. The standard InChI is InChI=1S/C19H13N3O4/c1-26-19(25)16-15(18(23)24)14-12-9-5-6-10-13(12)20-17(14)22(21-16)11-7-3-2-4-8-11/h2-10H,1H3,(H,23,24). The Hall–Kier alpha value is -3.74. The number of benzene rings is 2. The molecule has 0 saturated heterocycles. The highest BCUT2D eigenvalue weighted by molar-refractivity contribution is 6.12. The van der Waals surface area contributed by atoms with Crippen molar-refractivity contribution in [2.45, 2.75) is 0 Å². The van der Waals surface area contributed by atoms with E-state index in [1.165, 1.54) is 11.8 Å². The predicted molar refractivity (Wildman–Crippen MR) is 93.8 cm³/mol. The summed E-state index contributed by atoms with van der Waals surface area (Å²) in [6.45, 7) is 0. The van der Waals surface area contributed by atoms with E-state index in [0.29, 0.717) is 28.0 Å². The van der Waals surface area contributed by atoms with Crippen LogP contribution in [0.1, 0.15) is 20.8 Å². The van der Waals surface area contributed by atoms with E-state index in [0.717, 1.165) is 0 Å². The van der Waals surface area contributed by atoms with E-state index in [1.807, 2.05) is 24.3 Å². The van der Waals surface area contributed by atoms with Crippen molar-refractivity contribution in [2.24, 2.45) is 0 Å². The van der Waals surface area contributed by atoms with Crippen molar-refractivity contribution in [3.8, 4) is 17.1 Å². The van der Waals surface area contributed by atoms with Gasteiger partial charge < -0.3 is 9.84 Å². The summed E-state index contributed by atoms with van der Waals surface area (Å²) in [7, 11) is 1.19. The predicted octanol–water partition coefficient (Wildman–Crippen LogP) is 3.01. The summed E-state index contributed by atoms with van der Waals surface area (Å²) in [5, 5.41) is 14.7. The number of hydrogen-bond donors (Lipinski definition) is 1. The summed E-state index contributed by atoms with van der Waals surface area (Å²) in [5.41, 5.74) is 1.15. The first-order valence-corrected chi connectivity index (χ1v) is 7.80. The minimum atomic E-state index is -1.26. The van der Waals surface area contributed by atoms with Crippen LogP contribution in [0.3, 0.4) is 0 Å². The summed E-state index contributed by atoms with van der Waals surface area (Å²) in [6, 6.07) is 16.3. The summed E-state index contributed by atoms with van der Waals surface area (Å²) >= 11 is 0. The number of hydrogen-bond acceptors (Lipinski definition) is 5. The number of para-hydroxylation sites is 2. The Labute approximate surface area is 147 Å². The third-order valence-corrected chi connectivity index (χ3v) is 4.10. The zero-order chi connectivity index (χ0) is 18.3. The van der Waals surface area contributed by atoms with Crippen LogP contribution in [0.4, 0.5) is 0 Å². The van der Waals surface area contributed by atoms with Gasteiger partial charge in [0.1, 0.15) is 5.56 Å². The summed E-state index contributed by atoms with van der Waals surface area (Å²) < 4.78 is 6.22. The second kappa shape index (κ2) is 5.96. The third-order valence-electron chi connectivity index (χ3n) is 4.10. The van der Waals surface area contributed by atoms with E-state index >= 15 is 0 Å². The number of rotatable bonds is 3. The number of carbonyl (C=O) groups is 2. The maximum Gasteiger partial charge on any atom is 0.359 e. The molecular weight excluding hydrogens is 334 g/mol. The molecule has 0 unspecified atom stereocenters. The Balaban J connectivity index is 2.20. The Kier molecular flexibility index (Phi) is 3.62. The molecule has 0 fully saturated rings. The first-order chi connectivity index (χ1) is 12.6. The number of ether oxygens (including phenoxy) is 1. The quantitative estimate of drug-likeness (QED) is 0.573. The Morgan fingerprint density at radius 1 is 1.04 bits per heavy atom. The van der Waals surface area contributed by atoms with Crippen LogP contribution in [0.2, 0.25) is 0 Å². The van der Waals surface area contributed by atoms with E-state index in [9.17, 15) is 14.7 Å². The SMILES string of the molecule is COC(=O)c1nn(-c2ccccc2)c2nc3ccccc3c-2c1C(=O)O. The van der Waals surface area contributed by atoms with Gasteiger partial charge in [0.05, 0.1) is 18.3 Å². The van der Waals surface area contributed by atoms with Crippen molar-refractivity contribution < 1.29 is 19.4 Å². The van der Waals surface area contributed by atoms with Crippen LogP contribution in [0.15, 0.2) is 54.6 Å². The maximum absolute atomic E-state index is 12.2. The Morgan fingerprint density at radius 3 is 2.42 bits per heavy atom. The van der Waals surface area contributed by atoms with Gasteiger partial charge in [0.15, 0.2) is 11.5 Å². The zero-order valence-corrected chi connectivity index (χ0v) is 13.7. The molecule has 4 rings (SSSR count). The van der Waals surface area contributed by atoms with Crippen LogP contribution in [0.25, 0.3) is 28.0 Å². The van der Waals surface area contributed by atoms with Crippen LogP contribution in [0.5, 0.6) is 0 Å². The van der Waals surface area contributed by atoms with E-state index in [1.54, 1.807) is 30.3 Å². The molecule has 0 spiro atoms. The lowest BCUT2D eigenvalue weighted by molar-refractivity contribution is 0.0573. The molecular formula is C19H13N3O4. The van der Waals surface area contributed by atoms with E-state index in [-0.39, 0.29) is 11.3 Å². The molecule has 2 aromatic rings. The number of aromatic nitrogens is 3. The lowest BCUT2D eigenvalue weighted by atomic mass is 10.0. The largest absolute Gasteiger partial charge is 0.478 e. The van der Waals surface area contributed by atoms with Crippen molar-refractivity contribution in [2.75, 3.05) is 7.11 Å². The molecule has 7 heteroatoms. The molecule has 0 bridgehead atoms. The first kappa shape index (κ1) is 15.8. The first-order valence-electron chi connectivity index (χ1n) is 7.80. The molecule has 0 atom stereocenters. The molecule has 0 amide bonds. The fourth-order valence-corrected chi connectivity index (χ4v) is 2.99. The van der Waals surface area contributed by atoms with Crippen LogP contribution in [0, 0.1) is 0 Å². The number of esters is 1. The Morgan fingerprint density at radius 2 is 1.73 bits per heavy atom. The fraction of sp³-hybridized carbons (Fsp3) is 0.0526. The number of fused-ring (bicyclic) bond motifs is 3. The van der Waals surface area contributed by atoms with Crippen molar-refractivity contribution in [3.05, 3.63) is 65.9 Å². The average Bonchev–Trinajstić information content (AvgIpc) is 3.06. The molecule has 0 radical (unpaired) electrons. The van der Waals surface area contributed by atoms with Gasteiger partial charge in [-0.25, -0.2) is 19.3 Å². The summed E-state index contributed by atoms with van der Waals surface area (Å²) in [5.74, 6) is -1.72. The number of aromatic carboxylic acids is 1. The smallest absolute Gasteiger partial charge is 0.359 e. The zero-order valence-electron chi connectivity index (χ0n) is 13.7. The van der Waals surface area contributed by atoms with E-state index in [4.69, 9.17) is 4.74 Å². The van der Waals surface area contributed by atoms with Crippen LogP contribution >= 0.6 is 0 Å². The minimum absolute atomic E-state index is 0.215. The van der Waals surface area contributed by atoms with Gasteiger partial charge in [-0.2, -0.15) is 5.10 Å². The van der Waals surface area contributed by atoms with E-state index < -0.39 is 11.9 Å². The van der Waals surface area contributed by atoms with Crippen LogP contribution < -0.4 is 0 Å². The molecule has 7 nitrogen and oxygen atoms in total. The van der Waals surface area contributed by atoms with Gasteiger partial charge in [0.25, 0.3) is 0 Å². The number of nitrogens with zero attached hydrogens (tertiary/aromatic N) is 3. The monoisotopic (exact) mass is 347 g/mol. The molecule has 128 valence electrons. The third kappa shape index (κ3) is 2.29. The molecule has 2 aromatic carbocycles. The number of carboxylic acids is 1. The molecule has 2 aliphatic heterocycles. The van der Waals surface area contributed by atoms with E-state index in [2.05, 4.69) is 10.1 Å². The minimum Gasteiger partial charge on any atom is -0.478 e. The molecule has 0 aromatic heterocycles. The molecule has 1 N–H and O–H groups in total. The topological polar surface area (TPSA) is 94.3 Å². The number of carboxylic acid groups (broad SMARTS) is 1. The lowest BCUT2D eigenvalue weighted by Crippen LogP contribution is -2.20. The van der Waals surface area contributed by atoms with Gasteiger partial charge >= 0.3 is 11.9 Å². The molecule has 0 aliphatic carbocycles. The van der Waals surface area contributed by atoms with Gasteiger partial charge in [-0.3, -0.25) is 0 Å². The van der Waals surface area contributed by atoms with Crippen molar-refractivity contribution in [1.82, 2.24) is 14.8 Å². The molecule has 26 heavy (non-hydrogen) atoms. The molecule has 0 saturated carbocycles. The van der Waals surface area contributed by atoms with Crippen LogP contribution in [-0.2, 0) is 4.74 Å². The van der Waals surface area contributed by atoms with Gasteiger partial charge in [0.2, 0.25) is 0 Å². The van der Waals surface area contributed by atoms with Crippen molar-refractivity contribution in [3.63, 3.8) is 0 Å². The van der Waals surface area contributed by atoms with Gasteiger partial charge in [-0.15, -0.1) is 0 Å². The normalized spacial score (nSPS) is 11.0. The fourth-order valence-electron chi connectivity index (χ4n) is 2.99. The number of methoxy groups -OCH3 is 1. The van der Waals surface area contributed by atoms with Crippen LogP contribution in [-0.4, -0.2) is 38.9 Å². The lowest BCUT2D eigenvalue weighted by Gasteiger charge is -2.15. The molecule has 2 aliphatic rings. The second-order valence-electron chi connectivity index (χ2n) is 5.60. The van der Waals surface area contributed by atoms with Crippen molar-refractivity contribution >= 4 is 22.8 Å². The molecule has 2 heterocycles. The summed E-state index contributed by atoms with van der Waals surface area (Å²) in [6.07, 6.45) is 0. The van der Waals surface area contributed by atoms with Gasteiger partial charge in [0, 0.05) is 10.9 Å². The highest BCUT2D eigenvalue weighted by atomic mass is 16.5. The highest BCUT2D eigenvalue weighted by Crippen LogP contribution is 2.36. The Bertz CT molecular complexity index is 1120. The maximum atomic E-state index is 12.2. The van der Waals surface area contributed by atoms with Gasteiger partial charge in [-0.1, -0.05) is 36.4 Å². The second-order valence-corrected chi connectivity index (χ2v) is 5.60. The summed E-state index contributed by atoms with van der Waals surface area (Å²) in [4.78, 5) is 28.7. The number of carbonyl (C=O) groups excluding carboxylic acids is 1.